The lowest BCUT2D eigenvalue weighted by Gasteiger charge is -2.29. The van der Waals surface area contributed by atoms with E-state index in [2.05, 4.69) is 0 Å². The van der Waals surface area contributed by atoms with Crippen LogP contribution in [0.4, 0.5) is 0 Å². The molecule has 1 aliphatic heterocycles. The van der Waals surface area contributed by atoms with E-state index >= 15 is 0 Å². The molecule has 0 radical (unpaired) electrons. The molecule has 1 aliphatic rings. The SMILES string of the molecule is CC(=O)N1C(Cc2ccc(Cl)cc2)C(=O)N(C)C1c1ccc(Cl)cc1. The highest BCUT2D eigenvalue weighted by atomic mass is 35.5. The standard InChI is InChI=1S/C19H18Cl2N2O2/c1-12(24)23-17(11-13-3-7-15(20)8-4-13)19(25)22(2)18(23)14-5-9-16(21)10-6-14/h3-10,17-18H,11H2,1-2H3. The van der Waals surface area contributed by atoms with Crippen molar-refractivity contribution in [2.75, 3.05) is 7.05 Å². The number of carbonyl (C=O) groups is 2. The van der Waals surface area contributed by atoms with Crippen LogP contribution >= 0.6 is 23.2 Å². The van der Waals surface area contributed by atoms with Gasteiger partial charge in [-0.1, -0.05) is 47.5 Å². The zero-order valence-electron chi connectivity index (χ0n) is 13.9. The Balaban J connectivity index is 1.95. The van der Waals surface area contributed by atoms with Crippen LogP contribution in [0.3, 0.4) is 0 Å². The quantitative estimate of drug-likeness (QED) is 0.814. The molecular formula is C19H18Cl2N2O2. The van der Waals surface area contributed by atoms with E-state index in [4.69, 9.17) is 23.2 Å². The molecule has 0 aliphatic carbocycles. The second-order valence-electron chi connectivity index (χ2n) is 6.15. The van der Waals surface area contributed by atoms with Crippen molar-refractivity contribution >= 4 is 35.0 Å². The van der Waals surface area contributed by atoms with Gasteiger partial charge >= 0.3 is 0 Å². The molecule has 6 heteroatoms. The summed E-state index contributed by atoms with van der Waals surface area (Å²) in [4.78, 5) is 28.4. The number of rotatable bonds is 3. The summed E-state index contributed by atoms with van der Waals surface area (Å²) < 4.78 is 0. The van der Waals surface area contributed by atoms with E-state index in [0.717, 1.165) is 11.1 Å². The fourth-order valence-corrected chi connectivity index (χ4v) is 3.52. The van der Waals surface area contributed by atoms with E-state index in [0.29, 0.717) is 16.5 Å². The summed E-state index contributed by atoms with van der Waals surface area (Å²) >= 11 is 11.9. The van der Waals surface area contributed by atoms with E-state index in [1.165, 1.54) is 6.92 Å². The van der Waals surface area contributed by atoms with Crippen LogP contribution < -0.4 is 0 Å². The van der Waals surface area contributed by atoms with Crippen LogP contribution in [-0.2, 0) is 16.0 Å². The van der Waals surface area contributed by atoms with Crippen LogP contribution in [0.25, 0.3) is 0 Å². The summed E-state index contributed by atoms with van der Waals surface area (Å²) in [5, 5.41) is 1.25. The Morgan fingerprint density at radius 2 is 1.52 bits per heavy atom. The molecule has 2 unspecified atom stereocenters. The Hall–Kier alpha value is -2.04. The number of carbonyl (C=O) groups excluding carboxylic acids is 2. The summed E-state index contributed by atoms with van der Waals surface area (Å²) in [5.41, 5.74) is 1.81. The van der Waals surface area contributed by atoms with E-state index in [1.807, 2.05) is 24.3 Å². The van der Waals surface area contributed by atoms with Gasteiger partial charge in [0.25, 0.3) is 0 Å². The lowest BCUT2D eigenvalue weighted by Crippen LogP contribution is -2.39. The van der Waals surface area contributed by atoms with Crippen molar-refractivity contribution in [2.45, 2.75) is 25.6 Å². The Morgan fingerprint density at radius 1 is 1.00 bits per heavy atom. The van der Waals surface area contributed by atoms with E-state index < -0.39 is 12.2 Å². The van der Waals surface area contributed by atoms with Crippen molar-refractivity contribution in [3.8, 4) is 0 Å². The summed E-state index contributed by atoms with van der Waals surface area (Å²) in [6, 6.07) is 14.0. The smallest absolute Gasteiger partial charge is 0.247 e. The van der Waals surface area contributed by atoms with Gasteiger partial charge < -0.3 is 9.80 Å². The number of hydrogen-bond acceptors (Lipinski definition) is 2. The first-order valence-electron chi connectivity index (χ1n) is 7.94. The van der Waals surface area contributed by atoms with E-state index in [-0.39, 0.29) is 11.8 Å². The number of nitrogens with zero attached hydrogens (tertiary/aromatic N) is 2. The third-order valence-electron chi connectivity index (χ3n) is 4.47. The lowest BCUT2D eigenvalue weighted by atomic mass is 10.0. The highest BCUT2D eigenvalue weighted by Crippen LogP contribution is 2.35. The number of hydrogen-bond donors (Lipinski definition) is 0. The van der Waals surface area contributed by atoms with Gasteiger partial charge in [0.15, 0.2) is 0 Å². The fraction of sp³-hybridized carbons (Fsp3) is 0.263. The van der Waals surface area contributed by atoms with Crippen molar-refractivity contribution in [1.82, 2.24) is 9.80 Å². The Bertz CT molecular complexity index is 790. The number of halogens is 2. The second kappa shape index (κ2) is 7.06. The van der Waals surface area contributed by atoms with E-state index in [9.17, 15) is 9.59 Å². The number of likely N-dealkylation sites (N-methyl/N-ethyl adjacent to an activating group) is 1. The summed E-state index contributed by atoms with van der Waals surface area (Å²) in [7, 11) is 1.72. The molecule has 2 aromatic carbocycles. The summed E-state index contributed by atoms with van der Waals surface area (Å²) in [6.45, 7) is 1.49. The number of benzene rings is 2. The molecule has 3 rings (SSSR count). The second-order valence-corrected chi connectivity index (χ2v) is 7.02. The third-order valence-corrected chi connectivity index (χ3v) is 4.98. The highest BCUT2D eigenvalue weighted by molar-refractivity contribution is 6.30. The Labute approximate surface area is 156 Å². The molecule has 0 N–H and O–H groups in total. The molecule has 0 spiro atoms. The van der Waals surface area contributed by atoms with Gasteiger partial charge in [-0.15, -0.1) is 0 Å². The van der Waals surface area contributed by atoms with Crippen LogP contribution in [-0.4, -0.2) is 34.7 Å². The molecule has 1 saturated heterocycles. The summed E-state index contributed by atoms with van der Waals surface area (Å²) in [6.07, 6.45) is 0.0175. The number of amides is 2. The molecule has 2 aromatic rings. The Kier molecular flexibility index (Phi) is 5.02. The summed E-state index contributed by atoms with van der Waals surface area (Å²) in [5.74, 6) is -0.221. The van der Waals surface area contributed by atoms with Crippen molar-refractivity contribution in [3.05, 3.63) is 69.7 Å². The Morgan fingerprint density at radius 3 is 2.04 bits per heavy atom. The maximum Gasteiger partial charge on any atom is 0.247 e. The minimum atomic E-state index is -0.538. The van der Waals surface area contributed by atoms with Crippen molar-refractivity contribution in [1.29, 1.82) is 0 Å². The predicted octanol–water partition coefficient (Wildman–Crippen LogP) is 3.92. The van der Waals surface area contributed by atoms with Gasteiger partial charge in [0.2, 0.25) is 11.8 Å². The molecule has 1 heterocycles. The molecular weight excluding hydrogens is 359 g/mol. The van der Waals surface area contributed by atoms with Gasteiger partial charge in [-0.2, -0.15) is 0 Å². The minimum Gasteiger partial charge on any atom is -0.319 e. The van der Waals surface area contributed by atoms with Crippen LogP contribution in [0.1, 0.15) is 24.2 Å². The van der Waals surface area contributed by atoms with Gasteiger partial charge in [-0.05, 0) is 35.4 Å². The van der Waals surface area contributed by atoms with Crippen LogP contribution in [0, 0.1) is 0 Å². The van der Waals surface area contributed by atoms with Crippen LogP contribution in [0.15, 0.2) is 48.5 Å². The van der Waals surface area contributed by atoms with Crippen LogP contribution in [0.2, 0.25) is 10.0 Å². The molecule has 0 saturated carbocycles. The van der Waals surface area contributed by atoms with Gasteiger partial charge in [0, 0.05) is 30.4 Å². The molecule has 0 aromatic heterocycles. The monoisotopic (exact) mass is 376 g/mol. The zero-order chi connectivity index (χ0) is 18.1. The largest absolute Gasteiger partial charge is 0.319 e. The van der Waals surface area contributed by atoms with Gasteiger partial charge in [0.05, 0.1) is 0 Å². The highest BCUT2D eigenvalue weighted by Gasteiger charge is 2.46. The predicted molar refractivity (Wildman–Crippen MR) is 98.4 cm³/mol. The molecule has 0 bridgehead atoms. The molecule has 2 amide bonds. The minimum absolute atomic E-state index is 0.0786. The maximum absolute atomic E-state index is 12.8. The van der Waals surface area contributed by atoms with Gasteiger partial charge in [-0.25, -0.2) is 0 Å². The van der Waals surface area contributed by atoms with Crippen molar-refractivity contribution < 1.29 is 9.59 Å². The first-order valence-corrected chi connectivity index (χ1v) is 8.69. The van der Waals surface area contributed by atoms with Gasteiger partial charge in [0.1, 0.15) is 12.2 Å². The van der Waals surface area contributed by atoms with Crippen molar-refractivity contribution in [2.24, 2.45) is 0 Å². The molecule has 130 valence electrons. The van der Waals surface area contributed by atoms with Gasteiger partial charge in [-0.3, -0.25) is 9.59 Å². The average molecular weight is 377 g/mol. The van der Waals surface area contributed by atoms with Crippen LogP contribution in [0.5, 0.6) is 0 Å². The topological polar surface area (TPSA) is 40.6 Å². The first kappa shape index (κ1) is 17.8. The van der Waals surface area contributed by atoms with E-state index in [1.54, 1.807) is 41.1 Å². The molecule has 4 nitrogen and oxygen atoms in total. The zero-order valence-corrected chi connectivity index (χ0v) is 15.5. The maximum atomic E-state index is 12.8. The molecule has 25 heavy (non-hydrogen) atoms. The normalized spacial score (nSPS) is 20.2. The van der Waals surface area contributed by atoms with Crippen molar-refractivity contribution in [3.63, 3.8) is 0 Å². The third kappa shape index (κ3) is 3.51. The average Bonchev–Trinajstić information content (AvgIpc) is 2.83. The molecule has 2 atom stereocenters. The lowest BCUT2D eigenvalue weighted by molar-refractivity contribution is -0.134. The molecule has 1 fully saturated rings. The first-order chi connectivity index (χ1) is 11.9. The fourth-order valence-electron chi connectivity index (χ4n) is 3.27.